The number of aliphatic carboxylic acids is 1. The summed E-state index contributed by atoms with van der Waals surface area (Å²) in [4.78, 5) is 36.4. The lowest BCUT2D eigenvalue weighted by molar-refractivity contribution is -0.384. The average molecular weight is 493 g/mol. The largest absolute Gasteiger partial charge is 0.478 e. The lowest BCUT2D eigenvalue weighted by Gasteiger charge is -2.29. The van der Waals surface area contributed by atoms with Crippen molar-refractivity contribution in [2.45, 2.75) is 26.2 Å². The number of carboxylic acids is 1. The molecule has 2 aromatic carbocycles. The molecule has 1 aliphatic heterocycles. The number of benzene rings is 2. The van der Waals surface area contributed by atoms with E-state index in [9.17, 15) is 24.8 Å². The fraction of sp³-hybridized carbons (Fsp3) is 0.259. The molecule has 9 heteroatoms. The predicted octanol–water partition coefficient (Wildman–Crippen LogP) is 4.58. The average Bonchev–Trinajstić information content (AvgIpc) is 2.85. The zero-order chi connectivity index (χ0) is 26.2. The van der Waals surface area contributed by atoms with Crippen molar-refractivity contribution in [3.05, 3.63) is 104 Å². The van der Waals surface area contributed by atoms with Crippen LogP contribution in [-0.2, 0) is 19.1 Å². The van der Waals surface area contributed by atoms with Crippen molar-refractivity contribution in [1.29, 1.82) is 0 Å². The monoisotopic (exact) mass is 492 g/mol. The van der Waals surface area contributed by atoms with Gasteiger partial charge in [-0.1, -0.05) is 48.5 Å². The third-order valence-electron chi connectivity index (χ3n) is 5.81. The molecule has 0 saturated carbocycles. The molecule has 0 saturated heterocycles. The van der Waals surface area contributed by atoms with Gasteiger partial charge in [-0.3, -0.25) is 10.1 Å². The summed E-state index contributed by atoms with van der Waals surface area (Å²) >= 11 is 0. The van der Waals surface area contributed by atoms with Crippen molar-refractivity contribution >= 4 is 23.7 Å². The number of nitrogens with one attached hydrogen (secondary N) is 1. The molecule has 9 nitrogen and oxygen atoms in total. The first-order chi connectivity index (χ1) is 17.2. The van der Waals surface area contributed by atoms with Crippen LogP contribution in [0.1, 0.15) is 37.3 Å². The van der Waals surface area contributed by atoms with Gasteiger partial charge in [-0.2, -0.15) is 0 Å². The quantitative estimate of drug-likeness (QED) is 0.280. The number of dihydropyridines is 1. The van der Waals surface area contributed by atoms with Crippen molar-refractivity contribution in [2.75, 3.05) is 20.3 Å². The van der Waals surface area contributed by atoms with E-state index >= 15 is 0 Å². The number of esters is 1. The van der Waals surface area contributed by atoms with Crippen LogP contribution in [0.5, 0.6) is 0 Å². The van der Waals surface area contributed by atoms with E-state index in [1.54, 1.807) is 27.0 Å². The highest BCUT2D eigenvalue weighted by molar-refractivity contribution is 5.99. The van der Waals surface area contributed by atoms with Gasteiger partial charge in [-0.15, -0.1) is 0 Å². The predicted molar refractivity (Wildman–Crippen MR) is 134 cm³/mol. The standard InChI is InChI=1S/C27H28N2O7/c1-17-23(26(30)31)25(21-10-7-11-22(15-21)29(33)34)24(18(2)28-17)27(32)36-16-20(12-13-35-3)14-19-8-5-4-6-9-19/h4-11,14-15,25,28H,12-13,16H2,1-3H3,(H,30,31). The Morgan fingerprint density at radius 3 is 2.42 bits per heavy atom. The Labute approximate surface area is 208 Å². The third-order valence-corrected chi connectivity index (χ3v) is 5.81. The van der Waals surface area contributed by atoms with Gasteiger partial charge in [-0.25, -0.2) is 9.59 Å². The Bertz CT molecular complexity index is 1250. The van der Waals surface area contributed by atoms with Gasteiger partial charge in [0.2, 0.25) is 0 Å². The summed E-state index contributed by atoms with van der Waals surface area (Å²) < 4.78 is 10.8. The summed E-state index contributed by atoms with van der Waals surface area (Å²) in [5.74, 6) is -2.99. The Morgan fingerprint density at radius 2 is 1.78 bits per heavy atom. The van der Waals surface area contributed by atoms with Gasteiger partial charge in [0.25, 0.3) is 5.69 Å². The minimum Gasteiger partial charge on any atom is -0.478 e. The first-order valence-electron chi connectivity index (χ1n) is 11.3. The zero-order valence-corrected chi connectivity index (χ0v) is 20.3. The van der Waals surface area contributed by atoms with Gasteiger partial charge in [0, 0.05) is 30.6 Å². The topological polar surface area (TPSA) is 128 Å². The summed E-state index contributed by atoms with van der Waals surface area (Å²) in [6.07, 6.45) is 2.44. The second-order valence-electron chi connectivity index (χ2n) is 8.32. The summed E-state index contributed by atoms with van der Waals surface area (Å²) in [7, 11) is 1.58. The lowest BCUT2D eigenvalue weighted by atomic mass is 9.80. The Morgan fingerprint density at radius 1 is 1.08 bits per heavy atom. The van der Waals surface area contributed by atoms with Crippen LogP contribution < -0.4 is 5.32 Å². The second-order valence-corrected chi connectivity index (χ2v) is 8.32. The number of nitro groups is 1. The summed E-state index contributed by atoms with van der Waals surface area (Å²) in [5.41, 5.74) is 2.64. The molecule has 3 rings (SSSR count). The van der Waals surface area contributed by atoms with Crippen LogP contribution in [-0.4, -0.2) is 42.3 Å². The molecule has 0 amide bonds. The molecule has 2 aromatic rings. The van der Waals surface area contributed by atoms with Crippen LogP contribution in [0.15, 0.2) is 82.7 Å². The number of rotatable bonds is 10. The number of hydrogen-bond acceptors (Lipinski definition) is 7. The molecule has 188 valence electrons. The highest BCUT2D eigenvalue weighted by Gasteiger charge is 2.37. The van der Waals surface area contributed by atoms with Gasteiger partial charge in [0.15, 0.2) is 0 Å². The first-order valence-corrected chi connectivity index (χ1v) is 11.3. The molecule has 1 heterocycles. The molecule has 2 N–H and O–H groups in total. The summed E-state index contributed by atoms with van der Waals surface area (Å²) in [5, 5.41) is 24.3. The molecule has 0 aliphatic carbocycles. The number of hydrogen-bond donors (Lipinski definition) is 2. The molecular formula is C27H28N2O7. The van der Waals surface area contributed by atoms with Crippen LogP contribution in [0.3, 0.4) is 0 Å². The smallest absolute Gasteiger partial charge is 0.337 e. The highest BCUT2D eigenvalue weighted by atomic mass is 16.6. The van der Waals surface area contributed by atoms with Crippen LogP contribution in [0, 0.1) is 10.1 Å². The molecule has 1 aliphatic rings. The number of carbonyl (C=O) groups excluding carboxylic acids is 1. The number of methoxy groups -OCH3 is 1. The maximum absolute atomic E-state index is 13.4. The molecular weight excluding hydrogens is 464 g/mol. The number of nitrogens with zero attached hydrogens (tertiary/aromatic N) is 1. The van der Waals surface area contributed by atoms with E-state index in [4.69, 9.17) is 9.47 Å². The van der Waals surface area contributed by atoms with E-state index in [0.717, 1.165) is 11.1 Å². The van der Waals surface area contributed by atoms with E-state index in [2.05, 4.69) is 5.32 Å². The van der Waals surface area contributed by atoms with Crippen molar-refractivity contribution in [3.8, 4) is 0 Å². The van der Waals surface area contributed by atoms with Crippen molar-refractivity contribution in [1.82, 2.24) is 5.32 Å². The summed E-state index contributed by atoms with van der Waals surface area (Å²) in [6.45, 7) is 3.64. The van der Waals surface area contributed by atoms with Crippen LogP contribution >= 0.6 is 0 Å². The summed E-state index contributed by atoms with van der Waals surface area (Å²) in [6, 6.07) is 15.2. The maximum Gasteiger partial charge on any atom is 0.337 e. The van der Waals surface area contributed by atoms with Crippen LogP contribution in [0.4, 0.5) is 5.69 Å². The van der Waals surface area contributed by atoms with E-state index in [-0.39, 0.29) is 23.4 Å². The van der Waals surface area contributed by atoms with E-state index in [1.165, 1.54) is 18.2 Å². The number of non-ortho nitro benzene ring substituents is 1. The first kappa shape index (κ1) is 26.4. The lowest BCUT2D eigenvalue weighted by Crippen LogP contribution is -2.32. The Hall–Kier alpha value is -4.24. The van der Waals surface area contributed by atoms with Gasteiger partial charge in [-0.05, 0) is 37.0 Å². The SMILES string of the molecule is COCCC(=Cc1ccccc1)COC(=O)C1=C(C)NC(C)=C(C(=O)O)C1c1cccc([N+](=O)[O-])c1. The van der Waals surface area contributed by atoms with Crippen molar-refractivity contribution in [3.63, 3.8) is 0 Å². The van der Waals surface area contributed by atoms with E-state index in [1.807, 2.05) is 36.4 Å². The maximum atomic E-state index is 13.4. The van der Waals surface area contributed by atoms with Gasteiger partial charge in [0.1, 0.15) is 6.61 Å². The molecule has 0 spiro atoms. The molecule has 0 bridgehead atoms. The Kier molecular flexibility index (Phi) is 8.75. The van der Waals surface area contributed by atoms with Gasteiger partial charge in [0.05, 0.1) is 28.6 Å². The molecule has 1 unspecified atom stereocenters. The van der Waals surface area contributed by atoms with Gasteiger partial charge >= 0.3 is 11.9 Å². The number of allylic oxidation sites excluding steroid dienone is 2. The number of carbonyl (C=O) groups is 2. The van der Waals surface area contributed by atoms with Crippen LogP contribution in [0.2, 0.25) is 0 Å². The molecule has 1 atom stereocenters. The Balaban J connectivity index is 1.96. The number of carboxylic acid groups (broad SMARTS) is 1. The minimum absolute atomic E-state index is 0.0272. The minimum atomic E-state index is -1.24. The van der Waals surface area contributed by atoms with E-state index < -0.39 is 22.8 Å². The van der Waals surface area contributed by atoms with Gasteiger partial charge < -0.3 is 19.9 Å². The van der Waals surface area contributed by atoms with Crippen molar-refractivity contribution < 1.29 is 29.1 Å². The number of nitro benzene ring substituents is 1. The molecule has 0 radical (unpaired) electrons. The molecule has 0 aromatic heterocycles. The number of ether oxygens (including phenoxy) is 2. The fourth-order valence-electron chi connectivity index (χ4n) is 4.14. The van der Waals surface area contributed by atoms with Crippen LogP contribution in [0.25, 0.3) is 6.08 Å². The van der Waals surface area contributed by atoms with E-state index in [0.29, 0.717) is 30.0 Å². The fourth-order valence-corrected chi connectivity index (χ4v) is 4.14. The zero-order valence-electron chi connectivity index (χ0n) is 20.3. The normalized spacial score (nSPS) is 16.0. The third kappa shape index (κ3) is 6.25. The molecule has 36 heavy (non-hydrogen) atoms. The van der Waals surface area contributed by atoms with Crippen molar-refractivity contribution in [2.24, 2.45) is 0 Å². The highest BCUT2D eigenvalue weighted by Crippen LogP contribution is 2.39. The molecule has 0 fully saturated rings. The second kappa shape index (κ2) is 11.9.